The first-order chi connectivity index (χ1) is 10.6. The molecule has 0 atom stereocenters. The summed E-state index contributed by atoms with van der Waals surface area (Å²) in [5.41, 5.74) is 0. The van der Waals surface area contributed by atoms with Crippen molar-refractivity contribution in [3.63, 3.8) is 0 Å². The zero-order valence-corrected chi connectivity index (χ0v) is 15.3. The summed E-state index contributed by atoms with van der Waals surface area (Å²) in [5.74, 6) is -0.0456. The second-order valence-corrected chi connectivity index (χ2v) is 8.08. The normalized spacial score (nSPS) is 16.3. The van der Waals surface area contributed by atoms with Crippen molar-refractivity contribution in [3.05, 3.63) is 0 Å². The summed E-state index contributed by atoms with van der Waals surface area (Å²) in [7, 11) is 0.426. The predicted octanol–water partition coefficient (Wildman–Crippen LogP) is -1.11. The molecule has 0 spiro atoms. The maximum absolute atomic E-state index is 12.2. The smallest absolute Gasteiger partial charge is 0.224 e. The molecule has 23 heavy (non-hydrogen) atoms. The molecule has 1 saturated heterocycles. The molecule has 1 fully saturated rings. The van der Waals surface area contributed by atoms with Gasteiger partial charge in [0.25, 0.3) is 0 Å². The lowest BCUT2D eigenvalue weighted by molar-refractivity contribution is -0.138. The van der Waals surface area contributed by atoms with Crippen molar-refractivity contribution in [2.24, 2.45) is 0 Å². The van der Waals surface area contributed by atoms with Crippen LogP contribution in [0.4, 0.5) is 0 Å². The largest absolute Gasteiger partial charge is 0.339 e. The Hall–Kier alpha value is -1.19. The van der Waals surface area contributed by atoms with Gasteiger partial charge in [-0.25, -0.2) is 12.7 Å². The molecule has 0 bridgehead atoms. The molecule has 8 nitrogen and oxygen atoms in total. The Morgan fingerprint density at radius 2 is 1.48 bits per heavy atom. The molecular weight excluding hydrogens is 320 g/mol. The Balaban J connectivity index is 2.48. The van der Waals surface area contributed by atoms with E-state index in [1.165, 1.54) is 17.5 Å². The Morgan fingerprint density at radius 1 is 0.957 bits per heavy atom. The lowest BCUT2D eigenvalue weighted by Crippen LogP contribution is -2.50. The number of sulfonamides is 1. The quantitative estimate of drug-likeness (QED) is 0.583. The van der Waals surface area contributed by atoms with Gasteiger partial charge in [0.15, 0.2) is 0 Å². The van der Waals surface area contributed by atoms with Crippen LogP contribution in [0.1, 0.15) is 13.3 Å². The molecule has 0 aromatic rings. The van der Waals surface area contributed by atoms with E-state index >= 15 is 0 Å². The number of carbonyl (C=O) groups is 2. The molecule has 0 aromatic carbocycles. The van der Waals surface area contributed by atoms with Crippen molar-refractivity contribution in [3.8, 4) is 0 Å². The van der Waals surface area contributed by atoms with E-state index in [-0.39, 0.29) is 24.8 Å². The molecule has 1 heterocycles. The van der Waals surface area contributed by atoms with Crippen LogP contribution in [0.15, 0.2) is 0 Å². The number of likely N-dealkylation sites (N-methyl/N-ethyl adjacent to an activating group) is 1. The van der Waals surface area contributed by atoms with Crippen LogP contribution in [0.5, 0.6) is 0 Å². The van der Waals surface area contributed by atoms with Gasteiger partial charge in [-0.3, -0.25) is 9.59 Å². The van der Waals surface area contributed by atoms with E-state index in [1.54, 1.807) is 9.80 Å². The highest BCUT2D eigenvalue weighted by atomic mass is 32.2. The van der Waals surface area contributed by atoms with E-state index in [2.05, 4.69) is 0 Å². The number of amides is 2. The topological polar surface area (TPSA) is 81.2 Å². The van der Waals surface area contributed by atoms with Crippen molar-refractivity contribution in [1.82, 2.24) is 19.0 Å². The Morgan fingerprint density at radius 3 is 1.91 bits per heavy atom. The number of hydrogen-bond donors (Lipinski definition) is 0. The van der Waals surface area contributed by atoms with Crippen LogP contribution in [0.2, 0.25) is 0 Å². The molecule has 0 radical (unpaired) electrons. The molecular formula is C14H28N4O4S. The third-order valence-electron chi connectivity index (χ3n) is 3.92. The molecule has 0 N–H and O–H groups in total. The summed E-state index contributed by atoms with van der Waals surface area (Å²) < 4.78 is 24.9. The molecule has 134 valence electrons. The Bertz CT molecular complexity index is 513. The number of nitrogens with zero attached hydrogens (tertiary/aromatic N) is 4. The predicted molar refractivity (Wildman–Crippen MR) is 88.4 cm³/mol. The van der Waals surface area contributed by atoms with Crippen molar-refractivity contribution in [2.45, 2.75) is 13.3 Å². The van der Waals surface area contributed by atoms with Gasteiger partial charge in [-0.15, -0.1) is 0 Å². The van der Waals surface area contributed by atoms with Gasteiger partial charge >= 0.3 is 0 Å². The van der Waals surface area contributed by atoms with Crippen LogP contribution >= 0.6 is 0 Å². The van der Waals surface area contributed by atoms with E-state index in [9.17, 15) is 18.0 Å². The van der Waals surface area contributed by atoms with Crippen LogP contribution in [-0.4, -0.2) is 105 Å². The van der Waals surface area contributed by atoms with Gasteiger partial charge in [0.1, 0.15) is 0 Å². The van der Waals surface area contributed by atoms with Crippen molar-refractivity contribution in [2.75, 3.05) is 66.2 Å². The summed E-state index contributed by atoms with van der Waals surface area (Å²) in [6.07, 6.45) is 1.33. The van der Waals surface area contributed by atoms with Crippen molar-refractivity contribution < 1.29 is 18.0 Å². The average molecular weight is 348 g/mol. The Labute approximate surface area is 139 Å². The van der Waals surface area contributed by atoms with Crippen molar-refractivity contribution >= 4 is 21.8 Å². The summed E-state index contributed by atoms with van der Waals surface area (Å²) >= 11 is 0. The minimum atomic E-state index is -3.32. The lowest BCUT2D eigenvalue weighted by atomic mass is 10.2. The minimum Gasteiger partial charge on any atom is -0.339 e. The molecule has 0 aliphatic carbocycles. The van der Waals surface area contributed by atoms with Gasteiger partial charge in [-0.2, -0.15) is 0 Å². The van der Waals surface area contributed by atoms with Crippen LogP contribution in [0.3, 0.4) is 0 Å². The average Bonchev–Trinajstić information content (AvgIpc) is 2.45. The SMILES string of the molecule is CC(=O)N1CCN(C(=O)CCN(CCN(C)C)S(C)(=O)=O)CC1. The number of carbonyl (C=O) groups excluding carboxylic acids is 2. The fourth-order valence-electron chi connectivity index (χ4n) is 2.40. The van der Waals surface area contributed by atoms with E-state index in [4.69, 9.17) is 0 Å². The maximum Gasteiger partial charge on any atom is 0.224 e. The van der Waals surface area contributed by atoms with E-state index in [0.717, 1.165) is 0 Å². The first-order valence-electron chi connectivity index (χ1n) is 7.74. The van der Waals surface area contributed by atoms with Gasteiger partial charge < -0.3 is 14.7 Å². The van der Waals surface area contributed by atoms with Crippen molar-refractivity contribution in [1.29, 1.82) is 0 Å². The number of rotatable bonds is 7. The van der Waals surface area contributed by atoms with Gasteiger partial charge in [0.2, 0.25) is 21.8 Å². The third kappa shape index (κ3) is 6.84. The zero-order valence-electron chi connectivity index (χ0n) is 14.5. The van der Waals surface area contributed by atoms with Gasteiger partial charge in [-0.05, 0) is 14.1 Å². The Kier molecular flexibility index (Phi) is 7.43. The van der Waals surface area contributed by atoms with E-state index in [0.29, 0.717) is 39.3 Å². The molecule has 0 unspecified atom stereocenters. The van der Waals surface area contributed by atoms with E-state index < -0.39 is 10.0 Å². The first kappa shape index (κ1) is 19.9. The molecule has 0 saturated carbocycles. The third-order valence-corrected chi connectivity index (χ3v) is 5.22. The standard InChI is InChI=1S/C14H28N4O4S/c1-13(19)16-8-10-17(11-9-16)14(20)5-6-18(23(4,21)22)12-7-15(2)3/h5-12H2,1-4H3. The van der Waals surface area contributed by atoms with Crippen LogP contribution in [0, 0.1) is 0 Å². The molecule has 0 aromatic heterocycles. The monoisotopic (exact) mass is 348 g/mol. The molecule has 2 amide bonds. The molecule has 1 rings (SSSR count). The fraction of sp³-hybridized carbons (Fsp3) is 0.857. The van der Waals surface area contributed by atoms with Gasteiger partial charge in [0.05, 0.1) is 6.26 Å². The highest BCUT2D eigenvalue weighted by Gasteiger charge is 2.24. The van der Waals surface area contributed by atoms with Crippen LogP contribution in [-0.2, 0) is 19.6 Å². The maximum atomic E-state index is 12.2. The first-order valence-corrected chi connectivity index (χ1v) is 9.59. The van der Waals surface area contributed by atoms with Crippen LogP contribution in [0.25, 0.3) is 0 Å². The fourth-order valence-corrected chi connectivity index (χ4v) is 3.24. The molecule has 1 aliphatic heterocycles. The summed E-state index contributed by atoms with van der Waals surface area (Å²) in [6, 6.07) is 0. The summed E-state index contributed by atoms with van der Waals surface area (Å²) in [5, 5.41) is 0. The highest BCUT2D eigenvalue weighted by Crippen LogP contribution is 2.06. The number of hydrogen-bond acceptors (Lipinski definition) is 5. The van der Waals surface area contributed by atoms with E-state index in [1.807, 2.05) is 19.0 Å². The van der Waals surface area contributed by atoms with Crippen LogP contribution < -0.4 is 0 Å². The molecule has 9 heteroatoms. The summed E-state index contributed by atoms with van der Waals surface area (Å²) in [6.45, 7) is 4.79. The highest BCUT2D eigenvalue weighted by molar-refractivity contribution is 7.88. The molecule has 1 aliphatic rings. The lowest BCUT2D eigenvalue weighted by Gasteiger charge is -2.34. The summed E-state index contributed by atoms with van der Waals surface area (Å²) in [4.78, 5) is 28.8. The second-order valence-electron chi connectivity index (χ2n) is 6.10. The minimum absolute atomic E-state index is 0.0176. The zero-order chi connectivity index (χ0) is 17.6. The van der Waals surface area contributed by atoms with Gasteiger partial charge in [0, 0.05) is 59.2 Å². The second kappa shape index (κ2) is 8.60. The van der Waals surface area contributed by atoms with Gasteiger partial charge in [-0.1, -0.05) is 0 Å². The number of piperazine rings is 1.